The van der Waals surface area contributed by atoms with Gasteiger partial charge in [-0.05, 0) is 12.1 Å². The van der Waals surface area contributed by atoms with Gasteiger partial charge in [-0.3, -0.25) is 9.78 Å². The van der Waals surface area contributed by atoms with Gasteiger partial charge >= 0.3 is 5.97 Å². The summed E-state index contributed by atoms with van der Waals surface area (Å²) in [6, 6.07) is 11.8. The number of aryl methyl sites for hydroxylation is 1. The highest BCUT2D eigenvalue weighted by atomic mass is 16.6. The summed E-state index contributed by atoms with van der Waals surface area (Å²) in [7, 11) is 0. The highest BCUT2D eigenvalue weighted by molar-refractivity contribution is 5.78. The second-order valence-corrected chi connectivity index (χ2v) is 5.86. The molecule has 0 atom stereocenters. The van der Waals surface area contributed by atoms with E-state index < -0.39 is 0 Å². The molecule has 0 spiro atoms. The number of esters is 1. The number of pyridine rings is 1. The molecule has 3 aromatic rings. The number of aromatic nitrogens is 3. The van der Waals surface area contributed by atoms with Gasteiger partial charge in [-0.2, -0.15) is 4.98 Å². The average molecular weight is 325 g/mol. The number of benzene rings is 1. The molecule has 0 amide bonds. The van der Waals surface area contributed by atoms with Crippen LogP contribution in [0.4, 0.5) is 0 Å². The third kappa shape index (κ3) is 3.95. The van der Waals surface area contributed by atoms with Crippen LogP contribution in [0.1, 0.15) is 43.6 Å². The van der Waals surface area contributed by atoms with Gasteiger partial charge in [-0.15, -0.1) is 0 Å². The molecule has 6 nitrogen and oxygen atoms in total. The molecule has 0 bridgehead atoms. The van der Waals surface area contributed by atoms with E-state index in [1.165, 1.54) is 0 Å². The van der Waals surface area contributed by atoms with E-state index in [0.29, 0.717) is 18.1 Å². The lowest BCUT2D eigenvalue weighted by Gasteiger charge is -2.03. The van der Waals surface area contributed by atoms with E-state index in [1.807, 2.05) is 50.2 Å². The van der Waals surface area contributed by atoms with Crippen molar-refractivity contribution >= 4 is 16.9 Å². The Labute approximate surface area is 139 Å². The fraction of sp³-hybridized carbons (Fsp3) is 0.333. The Balaban J connectivity index is 1.50. The number of fused-ring (bicyclic) bond motifs is 1. The summed E-state index contributed by atoms with van der Waals surface area (Å²) in [6.45, 7) is 3.94. The lowest BCUT2D eigenvalue weighted by atomic mass is 10.1. The topological polar surface area (TPSA) is 78.1 Å². The van der Waals surface area contributed by atoms with Crippen molar-refractivity contribution in [2.24, 2.45) is 0 Å². The summed E-state index contributed by atoms with van der Waals surface area (Å²) in [5, 5.41) is 4.91. The molecule has 0 aliphatic heterocycles. The smallest absolute Gasteiger partial charge is 0.306 e. The third-order valence-corrected chi connectivity index (χ3v) is 3.60. The number of nitrogens with zero attached hydrogens (tertiary/aromatic N) is 3. The molecule has 0 saturated heterocycles. The maximum absolute atomic E-state index is 11.9. The molecule has 0 fully saturated rings. The molecule has 0 saturated carbocycles. The number of rotatable bonds is 6. The molecular formula is C18H19N3O3. The van der Waals surface area contributed by atoms with Gasteiger partial charge in [0.25, 0.3) is 5.89 Å². The first-order chi connectivity index (χ1) is 11.6. The highest BCUT2D eigenvalue weighted by Crippen LogP contribution is 2.13. The van der Waals surface area contributed by atoms with Crippen molar-refractivity contribution in [3.05, 3.63) is 53.8 Å². The van der Waals surface area contributed by atoms with Crippen molar-refractivity contribution in [1.29, 1.82) is 0 Å². The number of ether oxygens (including phenoxy) is 1. The van der Waals surface area contributed by atoms with Crippen LogP contribution >= 0.6 is 0 Å². The number of para-hydroxylation sites is 1. The first-order valence-corrected chi connectivity index (χ1v) is 7.94. The number of hydrogen-bond acceptors (Lipinski definition) is 6. The molecule has 6 heteroatoms. The summed E-state index contributed by atoms with van der Waals surface area (Å²) in [6.07, 6.45) is 0.793. The van der Waals surface area contributed by atoms with Gasteiger partial charge in [-0.25, -0.2) is 0 Å². The molecule has 24 heavy (non-hydrogen) atoms. The third-order valence-electron chi connectivity index (χ3n) is 3.60. The lowest BCUT2D eigenvalue weighted by Crippen LogP contribution is -2.07. The van der Waals surface area contributed by atoms with E-state index >= 15 is 0 Å². The Hall–Kier alpha value is -2.76. The van der Waals surface area contributed by atoms with Crippen LogP contribution in [-0.4, -0.2) is 21.1 Å². The maximum Gasteiger partial charge on any atom is 0.306 e. The van der Waals surface area contributed by atoms with E-state index in [0.717, 1.165) is 16.6 Å². The minimum atomic E-state index is -0.311. The number of hydrogen-bond donors (Lipinski definition) is 0. The molecule has 124 valence electrons. The van der Waals surface area contributed by atoms with Gasteiger partial charge in [0, 0.05) is 23.4 Å². The fourth-order valence-electron chi connectivity index (χ4n) is 2.25. The van der Waals surface area contributed by atoms with Gasteiger partial charge in [-0.1, -0.05) is 43.3 Å². The lowest BCUT2D eigenvalue weighted by molar-refractivity contribution is -0.145. The van der Waals surface area contributed by atoms with Crippen LogP contribution in [0.2, 0.25) is 0 Å². The zero-order valence-corrected chi connectivity index (χ0v) is 13.7. The first-order valence-electron chi connectivity index (χ1n) is 7.94. The van der Waals surface area contributed by atoms with Crippen LogP contribution in [0, 0.1) is 0 Å². The predicted molar refractivity (Wildman–Crippen MR) is 88.2 cm³/mol. The van der Waals surface area contributed by atoms with E-state index in [2.05, 4.69) is 15.1 Å². The van der Waals surface area contributed by atoms with Crippen LogP contribution in [0.3, 0.4) is 0 Å². The van der Waals surface area contributed by atoms with Crippen molar-refractivity contribution < 1.29 is 14.1 Å². The zero-order valence-electron chi connectivity index (χ0n) is 13.7. The molecule has 2 aromatic heterocycles. The largest absolute Gasteiger partial charge is 0.456 e. The summed E-state index contributed by atoms with van der Waals surface area (Å²) in [5.74, 6) is 0.795. The van der Waals surface area contributed by atoms with Crippen molar-refractivity contribution in [1.82, 2.24) is 15.1 Å². The number of carbonyl (C=O) groups excluding carboxylic acids is 1. The van der Waals surface area contributed by atoms with Crippen molar-refractivity contribution in [2.75, 3.05) is 0 Å². The van der Waals surface area contributed by atoms with E-state index in [-0.39, 0.29) is 24.9 Å². The summed E-state index contributed by atoms with van der Waals surface area (Å²) >= 11 is 0. The average Bonchev–Trinajstić information content (AvgIpc) is 3.07. The summed E-state index contributed by atoms with van der Waals surface area (Å²) in [5.41, 5.74) is 1.79. The van der Waals surface area contributed by atoms with Crippen LogP contribution < -0.4 is 0 Å². The van der Waals surface area contributed by atoms with Crippen molar-refractivity contribution in [3.8, 4) is 0 Å². The Morgan fingerprint density at radius 1 is 1.17 bits per heavy atom. The molecule has 0 unspecified atom stereocenters. The van der Waals surface area contributed by atoms with Crippen LogP contribution in [0.25, 0.3) is 10.9 Å². The Bertz CT molecular complexity index is 842. The maximum atomic E-state index is 11.9. The van der Waals surface area contributed by atoms with E-state index in [4.69, 9.17) is 9.26 Å². The molecule has 0 radical (unpaired) electrons. The zero-order chi connectivity index (χ0) is 16.9. The standard InChI is InChI=1S/C18H19N3O3/c1-12(2)18-20-16(24-21-18)11-23-17(22)10-9-14-8-7-13-5-3-4-6-15(13)19-14/h3-8,12H,9-11H2,1-2H3. The molecular weight excluding hydrogens is 306 g/mol. The van der Waals surface area contributed by atoms with Gasteiger partial charge in [0.15, 0.2) is 12.4 Å². The molecule has 0 N–H and O–H groups in total. The van der Waals surface area contributed by atoms with Gasteiger partial charge in [0.2, 0.25) is 0 Å². The van der Waals surface area contributed by atoms with Gasteiger partial charge < -0.3 is 9.26 Å². The van der Waals surface area contributed by atoms with Crippen LogP contribution in [0.15, 0.2) is 40.9 Å². The quantitative estimate of drug-likeness (QED) is 0.646. The SMILES string of the molecule is CC(C)c1noc(COC(=O)CCc2ccc3ccccc3n2)n1. The molecule has 0 aliphatic carbocycles. The fourth-order valence-corrected chi connectivity index (χ4v) is 2.25. The Kier molecular flexibility index (Phi) is 4.84. The Morgan fingerprint density at radius 2 is 2.00 bits per heavy atom. The van der Waals surface area contributed by atoms with Gasteiger partial charge in [0.1, 0.15) is 0 Å². The Morgan fingerprint density at radius 3 is 2.79 bits per heavy atom. The normalized spacial score (nSPS) is 11.1. The summed E-state index contributed by atoms with van der Waals surface area (Å²) < 4.78 is 10.2. The van der Waals surface area contributed by atoms with Crippen LogP contribution in [0.5, 0.6) is 0 Å². The highest BCUT2D eigenvalue weighted by Gasteiger charge is 2.12. The number of carbonyl (C=O) groups is 1. The minimum Gasteiger partial charge on any atom is -0.456 e. The second-order valence-electron chi connectivity index (χ2n) is 5.86. The van der Waals surface area contributed by atoms with E-state index in [9.17, 15) is 4.79 Å². The molecule has 3 rings (SSSR count). The first kappa shape index (κ1) is 16.1. The van der Waals surface area contributed by atoms with Crippen molar-refractivity contribution in [3.63, 3.8) is 0 Å². The predicted octanol–water partition coefficient (Wildman–Crippen LogP) is 3.42. The summed E-state index contributed by atoms with van der Waals surface area (Å²) in [4.78, 5) is 20.6. The van der Waals surface area contributed by atoms with Gasteiger partial charge in [0.05, 0.1) is 11.9 Å². The molecule has 1 aromatic carbocycles. The monoisotopic (exact) mass is 325 g/mol. The van der Waals surface area contributed by atoms with E-state index in [1.54, 1.807) is 0 Å². The van der Waals surface area contributed by atoms with Crippen LogP contribution in [-0.2, 0) is 22.6 Å². The molecule has 0 aliphatic rings. The second kappa shape index (κ2) is 7.21. The minimum absolute atomic E-state index is 0.00367. The van der Waals surface area contributed by atoms with Crippen molar-refractivity contribution in [2.45, 2.75) is 39.2 Å². The molecule has 2 heterocycles.